The Hall–Kier alpha value is -3.18. The molecule has 11 heteroatoms. The lowest BCUT2D eigenvalue weighted by Gasteiger charge is -2.21. The number of rotatable bonds is 6. The number of likely N-dealkylation sites (N-methyl/N-ethyl adjacent to an activating group) is 1. The van der Waals surface area contributed by atoms with Gasteiger partial charge in [0.15, 0.2) is 0 Å². The molecule has 144 valence electrons. The van der Waals surface area contributed by atoms with Gasteiger partial charge >= 0.3 is 12.0 Å². The van der Waals surface area contributed by atoms with Gasteiger partial charge in [-0.15, -0.1) is 0 Å². The topological polar surface area (TPSA) is 124 Å². The normalized spacial score (nSPS) is 10.9. The highest BCUT2D eigenvalue weighted by atomic mass is 32.2. The number of carboxylic acids is 1. The number of urea groups is 1. The molecule has 27 heavy (non-hydrogen) atoms. The van der Waals surface area contributed by atoms with Crippen molar-refractivity contribution in [2.75, 3.05) is 13.6 Å². The van der Waals surface area contributed by atoms with Gasteiger partial charge in [0, 0.05) is 7.05 Å². The number of carbonyl (C=O) groups excluding carboxylic acids is 1. The van der Waals surface area contributed by atoms with Crippen molar-refractivity contribution in [3.05, 3.63) is 54.3 Å². The fourth-order valence-corrected chi connectivity index (χ4v) is 2.96. The van der Waals surface area contributed by atoms with Crippen LogP contribution < -0.4 is 4.74 Å². The summed E-state index contributed by atoms with van der Waals surface area (Å²) in [5.41, 5.74) is 0. The first-order chi connectivity index (χ1) is 12.6. The molecule has 0 atom stereocenters. The van der Waals surface area contributed by atoms with E-state index in [-0.39, 0.29) is 5.75 Å². The summed E-state index contributed by atoms with van der Waals surface area (Å²) in [5.74, 6) is -1.26. The van der Waals surface area contributed by atoms with E-state index in [0.717, 1.165) is 19.2 Å². The summed E-state index contributed by atoms with van der Waals surface area (Å²) in [6, 6.07) is 8.44. The van der Waals surface area contributed by atoms with Crippen molar-refractivity contribution < 1.29 is 37.4 Å². The molecule has 0 saturated carbocycles. The number of hydrogen-bond acceptors (Lipinski definition) is 6. The van der Waals surface area contributed by atoms with Gasteiger partial charge < -0.3 is 14.7 Å². The largest absolute Gasteiger partial charge is 0.480 e. The quantitative estimate of drug-likeness (QED) is 0.564. The SMILES string of the molecule is CN(CC(=O)O)C(=O)N(O)S(=O)(=O)c1ccc(Oc2ccc(F)cc2)cc1. The molecule has 0 aliphatic carbocycles. The molecule has 0 aliphatic heterocycles. The smallest absolute Gasteiger partial charge is 0.359 e. The van der Waals surface area contributed by atoms with Crippen LogP contribution in [0.15, 0.2) is 53.4 Å². The molecule has 2 N–H and O–H groups in total. The monoisotopic (exact) mass is 398 g/mol. The van der Waals surface area contributed by atoms with E-state index >= 15 is 0 Å². The zero-order chi connectivity index (χ0) is 20.2. The number of benzene rings is 2. The molecule has 0 fully saturated rings. The second kappa shape index (κ2) is 8.01. The number of amides is 2. The van der Waals surface area contributed by atoms with Crippen molar-refractivity contribution in [1.29, 1.82) is 0 Å². The Bertz CT molecular complexity index is 930. The van der Waals surface area contributed by atoms with Crippen LogP contribution in [-0.4, -0.2) is 53.7 Å². The van der Waals surface area contributed by atoms with Crippen LogP contribution in [0.2, 0.25) is 0 Å². The maximum Gasteiger partial charge on any atom is 0.359 e. The van der Waals surface area contributed by atoms with Crippen LogP contribution in [0.3, 0.4) is 0 Å². The Labute approximate surface area is 153 Å². The standard InChI is InChI=1S/C16H15FN2O7S/c1-18(10-15(20)21)16(22)19(23)27(24,25)14-8-6-13(7-9-14)26-12-4-2-11(17)3-5-12/h2-9,23H,10H2,1H3,(H,20,21). The van der Waals surface area contributed by atoms with E-state index in [1.54, 1.807) is 0 Å². The maximum absolute atomic E-state index is 12.9. The van der Waals surface area contributed by atoms with Gasteiger partial charge in [-0.2, -0.15) is 8.42 Å². The van der Waals surface area contributed by atoms with Gasteiger partial charge in [-0.1, -0.05) is 4.47 Å². The van der Waals surface area contributed by atoms with Gasteiger partial charge in [0.05, 0.1) is 4.90 Å². The molecule has 0 aromatic heterocycles. The first-order valence-electron chi connectivity index (χ1n) is 7.36. The third-order valence-electron chi connectivity index (χ3n) is 3.26. The lowest BCUT2D eigenvalue weighted by atomic mass is 10.3. The molecule has 2 aromatic rings. The summed E-state index contributed by atoms with van der Waals surface area (Å²) in [6.07, 6.45) is 0. The molecule has 2 aromatic carbocycles. The third kappa shape index (κ3) is 4.92. The number of hydrogen-bond donors (Lipinski definition) is 2. The van der Waals surface area contributed by atoms with Crippen LogP contribution in [0.4, 0.5) is 9.18 Å². The second-order valence-electron chi connectivity index (χ2n) is 5.31. The van der Waals surface area contributed by atoms with Crippen molar-refractivity contribution in [3.63, 3.8) is 0 Å². The molecule has 0 spiro atoms. The lowest BCUT2D eigenvalue weighted by molar-refractivity contribution is -0.137. The molecule has 9 nitrogen and oxygen atoms in total. The molecule has 2 rings (SSSR count). The minimum Gasteiger partial charge on any atom is -0.480 e. The van der Waals surface area contributed by atoms with E-state index in [1.165, 1.54) is 36.4 Å². The van der Waals surface area contributed by atoms with Crippen LogP contribution in [0.5, 0.6) is 11.5 Å². The fraction of sp³-hybridized carbons (Fsp3) is 0.125. The Morgan fingerprint density at radius 1 is 1.04 bits per heavy atom. The van der Waals surface area contributed by atoms with Gasteiger partial charge in [0.25, 0.3) is 10.0 Å². The van der Waals surface area contributed by atoms with Gasteiger partial charge in [-0.25, -0.2) is 9.18 Å². The van der Waals surface area contributed by atoms with Crippen molar-refractivity contribution >= 4 is 22.0 Å². The molecular weight excluding hydrogens is 383 g/mol. The van der Waals surface area contributed by atoms with E-state index < -0.39 is 43.7 Å². The second-order valence-corrected chi connectivity index (χ2v) is 7.08. The van der Waals surface area contributed by atoms with E-state index in [0.29, 0.717) is 10.6 Å². The van der Waals surface area contributed by atoms with E-state index in [1.807, 2.05) is 0 Å². The van der Waals surface area contributed by atoms with E-state index in [4.69, 9.17) is 9.84 Å². The summed E-state index contributed by atoms with van der Waals surface area (Å²) in [5, 5.41) is 18.3. The lowest BCUT2D eigenvalue weighted by Crippen LogP contribution is -2.44. The summed E-state index contributed by atoms with van der Waals surface area (Å²) in [6.45, 7) is -0.796. The van der Waals surface area contributed by atoms with E-state index in [2.05, 4.69) is 0 Å². The average molecular weight is 398 g/mol. The van der Waals surface area contributed by atoms with Crippen LogP contribution >= 0.6 is 0 Å². The molecule has 0 heterocycles. The Morgan fingerprint density at radius 3 is 2.00 bits per heavy atom. The van der Waals surface area contributed by atoms with E-state index in [9.17, 15) is 27.6 Å². The van der Waals surface area contributed by atoms with Crippen molar-refractivity contribution in [3.8, 4) is 11.5 Å². The molecule has 2 amide bonds. The zero-order valence-electron chi connectivity index (χ0n) is 13.9. The van der Waals surface area contributed by atoms with Crippen molar-refractivity contribution in [2.45, 2.75) is 4.90 Å². The number of nitrogens with zero attached hydrogens (tertiary/aromatic N) is 2. The molecule has 0 radical (unpaired) electrons. The fourth-order valence-electron chi connectivity index (χ4n) is 1.94. The van der Waals surface area contributed by atoms with Crippen molar-refractivity contribution in [2.24, 2.45) is 0 Å². The number of aliphatic carboxylic acids is 1. The number of carboxylic acid groups (broad SMARTS) is 1. The number of hydroxylamine groups is 1. The number of ether oxygens (including phenoxy) is 1. The molecule has 0 aliphatic rings. The minimum atomic E-state index is -4.61. The van der Waals surface area contributed by atoms with Gasteiger partial charge in [-0.3, -0.25) is 10.0 Å². The summed E-state index contributed by atoms with van der Waals surface area (Å²) in [4.78, 5) is 22.5. The minimum absolute atomic E-state index is 0.236. The van der Waals surface area contributed by atoms with Gasteiger partial charge in [-0.05, 0) is 48.5 Å². The highest BCUT2D eigenvalue weighted by molar-refractivity contribution is 7.89. The highest BCUT2D eigenvalue weighted by Crippen LogP contribution is 2.24. The number of carbonyl (C=O) groups is 2. The molecular formula is C16H15FN2O7S. The molecule has 0 unspecified atom stereocenters. The van der Waals surface area contributed by atoms with Crippen LogP contribution in [0.25, 0.3) is 0 Å². The predicted molar refractivity (Wildman–Crippen MR) is 89.4 cm³/mol. The summed E-state index contributed by atoms with van der Waals surface area (Å²) >= 11 is 0. The zero-order valence-corrected chi connectivity index (χ0v) is 14.8. The molecule has 0 bridgehead atoms. The van der Waals surface area contributed by atoms with Crippen molar-refractivity contribution in [1.82, 2.24) is 9.37 Å². The third-order valence-corrected chi connectivity index (χ3v) is 4.74. The predicted octanol–water partition coefficient (Wildman–Crippen LogP) is 2.13. The van der Waals surface area contributed by atoms with Crippen LogP contribution in [0.1, 0.15) is 0 Å². The first kappa shape index (κ1) is 20.1. The average Bonchev–Trinajstić information content (AvgIpc) is 2.62. The Morgan fingerprint density at radius 2 is 1.52 bits per heavy atom. The number of halogens is 1. The van der Waals surface area contributed by atoms with Crippen LogP contribution in [-0.2, 0) is 14.8 Å². The van der Waals surface area contributed by atoms with Gasteiger partial charge in [0.2, 0.25) is 0 Å². The first-order valence-corrected chi connectivity index (χ1v) is 8.80. The Kier molecular flexibility index (Phi) is 5.98. The van der Waals surface area contributed by atoms with Crippen LogP contribution in [0, 0.1) is 5.82 Å². The highest BCUT2D eigenvalue weighted by Gasteiger charge is 2.31. The maximum atomic E-state index is 12.9. The Balaban J connectivity index is 2.15. The van der Waals surface area contributed by atoms with Gasteiger partial charge in [0.1, 0.15) is 23.9 Å². The number of sulfonamides is 1. The summed E-state index contributed by atoms with van der Waals surface area (Å²) < 4.78 is 42.3. The molecule has 0 saturated heterocycles. The summed E-state index contributed by atoms with van der Waals surface area (Å²) in [7, 11) is -3.59.